The predicted octanol–water partition coefficient (Wildman–Crippen LogP) is 4.34. The zero-order chi connectivity index (χ0) is 15.5. The van der Waals surface area contributed by atoms with E-state index in [-0.39, 0.29) is 11.3 Å². The number of carbonyl (C=O) groups excluding carboxylic acids is 1. The second-order valence-electron chi connectivity index (χ2n) is 4.37. The van der Waals surface area contributed by atoms with Crippen LogP contribution in [0.2, 0.25) is 0 Å². The molecule has 0 bridgehead atoms. The molecule has 0 amide bonds. The third-order valence-corrected chi connectivity index (χ3v) is 2.88. The van der Waals surface area contributed by atoms with Gasteiger partial charge in [0.05, 0.1) is 12.2 Å². The van der Waals surface area contributed by atoms with Crippen LogP contribution in [-0.4, -0.2) is 12.4 Å². The number of rotatable bonds is 4. The van der Waals surface area contributed by atoms with Crippen molar-refractivity contribution in [2.75, 3.05) is 6.61 Å². The lowest BCUT2D eigenvalue weighted by Gasteiger charge is -2.08. The number of ketones is 1. The normalized spacial score (nSPS) is 11.2. The Morgan fingerprint density at radius 1 is 1.05 bits per heavy atom. The fraction of sp³-hybridized carbons (Fsp3) is 0.188. The van der Waals surface area contributed by atoms with Gasteiger partial charge in [-0.3, -0.25) is 4.79 Å². The Kier molecular flexibility index (Phi) is 4.31. The van der Waals surface area contributed by atoms with Crippen LogP contribution in [0.5, 0.6) is 5.75 Å². The Labute approximate surface area is 120 Å². The van der Waals surface area contributed by atoms with Crippen LogP contribution in [0.4, 0.5) is 13.2 Å². The minimum Gasteiger partial charge on any atom is -0.494 e. The molecule has 0 radical (unpaired) electrons. The summed E-state index contributed by atoms with van der Waals surface area (Å²) in [5, 5.41) is 0. The molecule has 0 N–H and O–H groups in total. The molecule has 0 unspecified atom stereocenters. The average molecular weight is 294 g/mol. The molecule has 2 rings (SSSR count). The summed E-state index contributed by atoms with van der Waals surface area (Å²) < 4.78 is 42.7. The summed E-state index contributed by atoms with van der Waals surface area (Å²) in [6.45, 7) is 2.29. The summed E-state index contributed by atoms with van der Waals surface area (Å²) in [6, 6.07) is 10.7. The van der Waals surface area contributed by atoms with Gasteiger partial charge in [-0.25, -0.2) is 0 Å². The highest BCUT2D eigenvalue weighted by Gasteiger charge is 2.30. The maximum atomic E-state index is 12.5. The summed E-state index contributed by atoms with van der Waals surface area (Å²) in [5.74, 6) is 0.209. The third kappa shape index (κ3) is 3.62. The van der Waals surface area contributed by atoms with Gasteiger partial charge in [-0.2, -0.15) is 13.2 Å². The van der Waals surface area contributed by atoms with Gasteiger partial charge >= 0.3 is 6.18 Å². The van der Waals surface area contributed by atoms with Crippen LogP contribution in [0.15, 0.2) is 48.5 Å². The lowest BCUT2D eigenvalue weighted by molar-refractivity contribution is -0.137. The number of hydrogen-bond acceptors (Lipinski definition) is 2. The third-order valence-electron chi connectivity index (χ3n) is 2.88. The molecule has 0 heterocycles. The minimum atomic E-state index is -4.41. The topological polar surface area (TPSA) is 26.3 Å². The van der Waals surface area contributed by atoms with Crippen molar-refractivity contribution in [2.24, 2.45) is 0 Å². The van der Waals surface area contributed by atoms with Crippen LogP contribution >= 0.6 is 0 Å². The van der Waals surface area contributed by atoms with Crippen LogP contribution in [0.3, 0.4) is 0 Å². The van der Waals surface area contributed by atoms with Crippen molar-refractivity contribution in [3.8, 4) is 5.75 Å². The van der Waals surface area contributed by atoms with Crippen LogP contribution in [-0.2, 0) is 6.18 Å². The van der Waals surface area contributed by atoms with Crippen molar-refractivity contribution in [3.63, 3.8) is 0 Å². The van der Waals surface area contributed by atoms with Crippen molar-refractivity contribution < 1.29 is 22.7 Å². The Bertz CT molecular complexity index is 631. The first-order valence-corrected chi connectivity index (χ1v) is 6.36. The number of benzene rings is 2. The molecular formula is C16H13F3O2. The lowest BCUT2D eigenvalue weighted by Crippen LogP contribution is -2.06. The maximum Gasteiger partial charge on any atom is 0.416 e. The van der Waals surface area contributed by atoms with Gasteiger partial charge in [0.1, 0.15) is 5.75 Å². The van der Waals surface area contributed by atoms with Gasteiger partial charge in [0.15, 0.2) is 5.78 Å². The van der Waals surface area contributed by atoms with Crippen molar-refractivity contribution in [1.29, 1.82) is 0 Å². The van der Waals surface area contributed by atoms with Crippen molar-refractivity contribution in [3.05, 3.63) is 65.2 Å². The maximum absolute atomic E-state index is 12.5. The first-order valence-electron chi connectivity index (χ1n) is 6.36. The van der Waals surface area contributed by atoms with Gasteiger partial charge in [-0.05, 0) is 31.2 Å². The molecular weight excluding hydrogens is 281 g/mol. The lowest BCUT2D eigenvalue weighted by atomic mass is 10.0. The quantitative estimate of drug-likeness (QED) is 0.784. The average Bonchev–Trinajstić information content (AvgIpc) is 2.46. The van der Waals surface area contributed by atoms with Crippen molar-refractivity contribution in [1.82, 2.24) is 0 Å². The molecule has 0 atom stereocenters. The highest BCUT2D eigenvalue weighted by atomic mass is 19.4. The summed E-state index contributed by atoms with van der Waals surface area (Å²) in [5.41, 5.74) is -0.195. The van der Waals surface area contributed by atoms with Gasteiger partial charge in [0.2, 0.25) is 0 Å². The molecule has 0 saturated heterocycles. The Morgan fingerprint density at radius 2 is 1.71 bits per heavy atom. The van der Waals surface area contributed by atoms with E-state index in [1.807, 2.05) is 6.92 Å². The molecule has 0 aliphatic rings. The molecule has 110 valence electrons. The van der Waals surface area contributed by atoms with E-state index in [9.17, 15) is 18.0 Å². The zero-order valence-corrected chi connectivity index (χ0v) is 11.3. The molecule has 2 aromatic carbocycles. The number of ether oxygens (including phenoxy) is 1. The number of alkyl halides is 3. The van der Waals surface area contributed by atoms with E-state index in [0.29, 0.717) is 17.9 Å². The first kappa shape index (κ1) is 15.1. The molecule has 5 heteroatoms. The molecule has 0 aromatic heterocycles. The van der Waals surface area contributed by atoms with E-state index in [0.717, 1.165) is 12.1 Å². The second kappa shape index (κ2) is 5.99. The van der Waals surface area contributed by atoms with E-state index >= 15 is 0 Å². The molecule has 0 aliphatic heterocycles. The highest BCUT2D eigenvalue weighted by Crippen LogP contribution is 2.29. The zero-order valence-electron chi connectivity index (χ0n) is 11.3. The molecule has 0 aliphatic carbocycles. The van der Waals surface area contributed by atoms with Gasteiger partial charge in [-0.15, -0.1) is 0 Å². The van der Waals surface area contributed by atoms with E-state index in [2.05, 4.69) is 0 Å². The van der Waals surface area contributed by atoms with E-state index in [4.69, 9.17) is 4.74 Å². The molecule has 2 aromatic rings. The van der Waals surface area contributed by atoms with Crippen LogP contribution in [0.1, 0.15) is 28.4 Å². The Hall–Kier alpha value is -2.30. The van der Waals surface area contributed by atoms with Crippen molar-refractivity contribution >= 4 is 5.78 Å². The number of halogens is 3. The minimum absolute atomic E-state index is 0.205. The first-order chi connectivity index (χ1) is 9.91. The summed E-state index contributed by atoms with van der Waals surface area (Å²) in [7, 11) is 0. The number of hydrogen-bond donors (Lipinski definition) is 0. The molecule has 21 heavy (non-hydrogen) atoms. The second-order valence-corrected chi connectivity index (χ2v) is 4.37. The summed E-state index contributed by atoms with van der Waals surface area (Å²) in [4.78, 5) is 12.2. The fourth-order valence-electron chi connectivity index (χ4n) is 1.87. The summed E-state index contributed by atoms with van der Waals surface area (Å²) in [6.07, 6.45) is -4.41. The predicted molar refractivity (Wildman–Crippen MR) is 72.5 cm³/mol. The number of carbonyl (C=O) groups is 1. The van der Waals surface area contributed by atoms with Gasteiger partial charge in [0.25, 0.3) is 0 Å². The van der Waals surface area contributed by atoms with E-state index < -0.39 is 11.7 Å². The largest absolute Gasteiger partial charge is 0.494 e. The fourth-order valence-corrected chi connectivity index (χ4v) is 1.87. The summed E-state index contributed by atoms with van der Waals surface area (Å²) >= 11 is 0. The van der Waals surface area contributed by atoms with Gasteiger partial charge in [0, 0.05) is 11.1 Å². The Morgan fingerprint density at radius 3 is 2.29 bits per heavy atom. The van der Waals surface area contributed by atoms with Crippen LogP contribution in [0, 0.1) is 0 Å². The smallest absolute Gasteiger partial charge is 0.416 e. The molecule has 0 saturated carbocycles. The van der Waals surface area contributed by atoms with Gasteiger partial charge in [-0.1, -0.05) is 24.3 Å². The van der Waals surface area contributed by atoms with Crippen LogP contribution < -0.4 is 4.74 Å². The molecule has 0 fully saturated rings. The van der Waals surface area contributed by atoms with Crippen molar-refractivity contribution in [2.45, 2.75) is 13.1 Å². The monoisotopic (exact) mass is 294 g/mol. The SMILES string of the molecule is CCOc1cccc(C(=O)c2ccc(C(F)(F)F)cc2)c1. The van der Waals surface area contributed by atoms with E-state index in [1.54, 1.807) is 24.3 Å². The van der Waals surface area contributed by atoms with E-state index in [1.165, 1.54) is 12.1 Å². The van der Waals surface area contributed by atoms with Gasteiger partial charge < -0.3 is 4.74 Å². The molecule has 2 nitrogen and oxygen atoms in total. The Balaban J connectivity index is 2.26. The standard InChI is InChI=1S/C16H13F3O2/c1-2-21-14-5-3-4-12(10-14)15(20)11-6-8-13(9-7-11)16(17,18)19/h3-10H,2H2,1H3. The molecule has 0 spiro atoms. The van der Waals surface area contributed by atoms with Crippen LogP contribution in [0.25, 0.3) is 0 Å². The highest BCUT2D eigenvalue weighted by molar-refractivity contribution is 6.09.